The second kappa shape index (κ2) is 7.67. The summed E-state index contributed by atoms with van der Waals surface area (Å²) in [5, 5.41) is 14.1. The molecule has 1 rings (SSSR count). The minimum Gasteiger partial charge on any atom is -0.480 e. The molecule has 2 amide bonds. The highest BCUT2D eigenvalue weighted by atomic mass is 32.2. The van der Waals surface area contributed by atoms with E-state index in [4.69, 9.17) is 5.11 Å². The van der Waals surface area contributed by atoms with Crippen molar-refractivity contribution in [1.29, 1.82) is 0 Å². The normalized spacial score (nSPS) is 13.6. The van der Waals surface area contributed by atoms with E-state index in [0.29, 0.717) is 18.0 Å². The molecule has 0 aliphatic heterocycles. The van der Waals surface area contributed by atoms with Gasteiger partial charge in [0.2, 0.25) is 0 Å². The first-order valence-electron chi connectivity index (χ1n) is 5.82. The third kappa shape index (κ3) is 5.21. The number of amides is 2. The van der Waals surface area contributed by atoms with Crippen LogP contribution in [0.1, 0.15) is 25.2 Å². The molecular weight excluding hydrogens is 268 g/mol. The molecule has 0 fully saturated rings. The SMILES string of the molecule is CSCC[C@H](NC(=O)NC(C)c1ncc[nH]1)C(=O)O. The molecule has 0 bridgehead atoms. The van der Waals surface area contributed by atoms with Gasteiger partial charge in [-0.2, -0.15) is 11.8 Å². The number of thioether (sulfide) groups is 1. The molecule has 0 saturated carbocycles. The molecule has 106 valence electrons. The van der Waals surface area contributed by atoms with Gasteiger partial charge in [-0.15, -0.1) is 0 Å². The first kappa shape index (κ1) is 15.4. The van der Waals surface area contributed by atoms with Crippen molar-refractivity contribution in [3.8, 4) is 0 Å². The molecule has 0 radical (unpaired) electrons. The van der Waals surface area contributed by atoms with Gasteiger partial charge in [-0.1, -0.05) is 0 Å². The summed E-state index contributed by atoms with van der Waals surface area (Å²) < 4.78 is 0. The smallest absolute Gasteiger partial charge is 0.326 e. The van der Waals surface area contributed by atoms with Gasteiger partial charge < -0.3 is 20.7 Å². The Bertz CT molecular complexity index is 410. The maximum absolute atomic E-state index is 11.7. The summed E-state index contributed by atoms with van der Waals surface area (Å²) in [7, 11) is 0. The van der Waals surface area contributed by atoms with Crippen LogP contribution in [-0.2, 0) is 4.79 Å². The molecule has 1 unspecified atom stereocenters. The number of hydrogen-bond donors (Lipinski definition) is 4. The van der Waals surface area contributed by atoms with Crippen molar-refractivity contribution < 1.29 is 14.7 Å². The molecule has 7 nitrogen and oxygen atoms in total. The maximum atomic E-state index is 11.7. The van der Waals surface area contributed by atoms with E-state index in [1.165, 1.54) is 11.8 Å². The molecule has 1 heterocycles. The largest absolute Gasteiger partial charge is 0.480 e. The molecule has 0 aliphatic carbocycles. The van der Waals surface area contributed by atoms with Gasteiger partial charge in [0.1, 0.15) is 11.9 Å². The van der Waals surface area contributed by atoms with Gasteiger partial charge in [-0.25, -0.2) is 14.6 Å². The van der Waals surface area contributed by atoms with Crippen LogP contribution in [0.4, 0.5) is 4.79 Å². The number of carboxylic acids is 1. The number of aromatic nitrogens is 2. The quantitative estimate of drug-likeness (QED) is 0.597. The van der Waals surface area contributed by atoms with Gasteiger partial charge in [0.25, 0.3) is 0 Å². The molecule has 0 spiro atoms. The van der Waals surface area contributed by atoms with Crippen LogP contribution >= 0.6 is 11.8 Å². The van der Waals surface area contributed by atoms with E-state index < -0.39 is 18.0 Å². The molecule has 0 aromatic carbocycles. The number of carboxylic acid groups (broad SMARTS) is 1. The molecule has 1 aromatic rings. The van der Waals surface area contributed by atoms with E-state index in [-0.39, 0.29) is 6.04 Å². The summed E-state index contributed by atoms with van der Waals surface area (Å²) in [4.78, 5) is 29.6. The van der Waals surface area contributed by atoms with E-state index in [1.54, 1.807) is 19.3 Å². The summed E-state index contributed by atoms with van der Waals surface area (Å²) in [5.74, 6) is 0.256. The Kier molecular flexibility index (Phi) is 6.20. The van der Waals surface area contributed by atoms with Gasteiger partial charge in [-0.3, -0.25) is 0 Å². The Morgan fingerprint density at radius 2 is 2.26 bits per heavy atom. The maximum Gasteiger partial charge on any atom is 0.326 e. The third-order valence-corrected chi connectivity index (χ3v) is 3.14. The minimum absolute atomic E-state index is 0.315. The fourth-order valence-corrected chi connectivity index (χ4v) is 1.94. The molecule has 8 heteroatoms. The number of nitrogens with one attached hydrogen (secondary N) is 3. The Balaban J connectivity index is 2.46. The summed E-state index contributed by atoms with van der Waals surface area (Å²) in [6, 6.07) is -1.71. The van der Waals surface area contributed by atoms with Crippen molar-refractivity contribution in [1.82, 2.24) is 20.6 Å². The van der Waals surface area contributed by atoms with Crippen LogP contribution in [0.5, 0.6) is 0 Å². The monoisotopic (exact) mass is 286 g/mol. The molecule has 2 atom stereocenters. The Hall–Kier alpha value is -1.70. The highest BCUT2D eigenvalue weighted by molar-refractivity contribution is 7.98. The van der Waals surface area contributed by atoms with Crippen LogP contribution in [0.2, 0.25) is 0 Å². The number of H-pyrrole nitrogens is 1. The highest BCUT2D eigenvalue weighted by Crippen LogP contribution is 2.05. The lowest BCUT2D eigenvalue weighted by Crippen LogP contribution is -2.47. The van der Waals surface area contributed by atoms with Crippen LogP contribution in [-0.4, -0.2) is 45.1 Å². The lowest BCUT2D eigenvalue weighted by molar-refractivity contribution is -0.139. The molecule has 4 N–H and O–H groups in total. The zero-order valence-electron chi connectivity index (χ0n) is 10.8. The fraction of sp³-hybridized carbons (Fsp3) is 0.545. The average molecular weight is 286 g/mol. The predicted molar refractivity (Wildman–Crippen MR) is 73.1 cm³/mol. The second-order valence-electron chi connectivity index (χ2n) is 3.99. The Morgan fingerprint density at radius 3 is 2.79 bits per heavy atom. The van der Waals surface area contributed by atoms with E-state index in [9.17, 15) is 9.59 Å². The first-order chi connectivity index (χ1) is 9.04. The van der Waals surface area contributed by atoms with Crippen LogP contribution in [0.15, 0.2) is 12.4 Å². The number of carbonyl (C=O) groups excluding carboxylic acids is 1. The summed E-state index contributed by atoms with van der Waals surface area (Å²) in [6.45, 7) is 1.76. The number of rotatable bonds is 7. The fourth-order valence-electron chi connectivity index (χ4n) is 1.47. The van der Waals surface area contributed by atoms with Crippen molar-refractivity contribution in [2.24, 2.45) is 0 Å². The number of carbonyl (C=O) groups is 2. The van der Waals surface area contributed by atoms with E-state index in [0.717, 1.165) is 0 Å². The van der Waals surface area contributed by atoms with Crippen molar-refractivity contribution in [3.05, 3.63) is 18.2 Å². The number of nitrogens with zero attached hydrogens (tertiary/aromatic N) is 1. The number of aliphatic carboxylic acids is 1. The summed E-state index contributed by atoms with van der Waals surface area (Å²) in [5.41, 5.74) is 0. The lowest BCUT2D eigenvalue weighted by atomic mass is 10.2. The standard InChI is InChI=1S/C11H18N4O3S/c1-7(9-12-4-5-13-9)14-11(18)15-8(10(16)17)3-6-19-2/h4-5,7-8H,3,6H2,1-2H3,(H,12,13)(H,16,17)(H2,14,15,18)/t7?,8-/m0/s1. The first-order valence-corrected chi connectivity index (χ1v) is 7.22. The topological polar surface area (TPSA) is 107 Å². The number of imidazole rings is 1. The zero-order chi connectivity index (χ0) is 14.3. The summed E-state index contributed by atoms with van der Waals surface area (Å²) >= 11 is 1.54. The molecule has 19 heavy (non-hydrogen) atoms. The number of hydrogen-bond acceptors (Lipinski definition) is 4. The van der Waals surface area contributed by atoms with Crippen molar-refractivity contribution >= 4 is 23.8 Å². The third-order valence-electron chi connectivity index (χ3n) is 2.49. The molecule has 1 aromatic heterocycles. The van der Waals surface area contributed by atoms with Gasteiger partial charge in [-0.05, 0) is 25.4 Å². The zero-order valence-corrected chi connectivity index (χ0v) is 11.7. The van der Waals surface area contributed by atoms with Gasteiger partial charge in [0.05, 0.1) is 6.04 Å². The van der Waals surface area contributed by atoms with Gasteiger partial charge in [0, 0.05) is 12.4 Å². The van der Waals surface area contributed by atoms with Crippen LogP contribution in [0.25, 0.3) is 0 Å². The van der Waals surface area contributed by atoms with Crippen LogP contribution in [0.3, 0.4) is 0 Å². The van der Waals surface area contributed by atoms with Gasteiger partial charge in [0.15, 0.2) is 0 Å². The van der Waals surface area contributed by atoms with Crippen molar-refractivity contribution in [2.45, 2.75) is 25.4 Å². The Labute approximate surface area is 115 Å². The summed E-state index contributed by atoms with van der Waals surface area (Å²) in [6.07, 6.45) is 5.52. The molecule has 0 saturated heterocycles. The number of aromatic amines is 1. The van der Waals surface area contributed by atoms with Crippen molar-refractivity contribution in [3.63, 3.8) is 0 Å². The average Bonchev–Trinajstić information content (AvgIpc) is 2.87. The van der Waals surface area contributed by atoms with E-state index >= 15 is 0 Å². The second-order valence-corrected chi connectivity index (χ2v) is 4.97. The van der Waals surface area contributed by atoms with Crippen molar-refractivity contribution in [2.75, 3.05) is 12.0 Å². The highest BCUT2D eigenvalue weighted by Gasteiger charge is 2.20. The van der Waals surface area contributed by atoms with Crippen LogP contribution < -0.4 is 10.6 Å². The van der Waals surface area contributed by atoms with Gasteiger partial charge >= 0.3 is 12.0 Å². The molecule has 0 aliphatic rings. The molecular formula is C11H18N4O3S. The minimum atomic E-state index is -1.03. The Morgan fingerprint density at radius 1 is 1.53 bits per heavy atom. The van der Waals surface area contributed by atoms with E-state index in [2.05, 4.69) is 20.6 Å². The number of urea groups is 1. The van der Waals surface area contributed by atoms with E-state index in [1.807, 2.05) is 6.26 Å². The predicted octanol–water partition coefficient (Wildman–Crippen LogP) is 0.976. The lowest BCUT2D eigenvalue weighted by Gasteiger charge is -2.17. The van der Waals surface area contributed by atoms with Crippen LogP contribution in [0, 0.1) is 0 Å².